The molecule has 0 radical (unpaired) electrons. The number of hydrogen-bond donors (Lipinski definition) is 1. The van der Waals surface area contributed by atoms with Crippen LogP contribution in [0.5, 0.6) is 5.75 Å². The van der Waals surface area contributed by atoms with E-state index in [1.165, 1.54) is 30.6 Å². The van der Waals surface area contributed by atoms with Crippen molar-refractivity contribution in [3.8, 4) is 39.5 Å². The van der Waals surface area contributed by atoms with Gasteiger partial charge in [-0.15, -0.1) is 11.3 Å². The van der Waals surface area contributed by atoms with Crippen molar-refractivity contribution in [3.63, 3.8) is 0 Å². The van der Waals surface area contributed by atoms with Crippen LogP contribution in [0, 0.1) is 11.6 Å². The lowest BCUT2D eigenvalue weighted by molar-refractivity contribution is -0.127. The van der Waals surface area contributed by atoms with Crippen LogP contribution in [-0.4, -0.2) is 62.4 Å². The van der Waals surface area contributed by atoms with Crippen molar-refractivity contribution in [2.45, 2.75) is 19.5 Å². The monoisotopic (exact) mass is 626 g/mol. The maximum Gasteiger partial charge on any atom is 0.246 e. The molecule has 228 valence electrons. The summed E-state index contributed by atoms with van der Waals surface area (Å²) in [4.78, 5) is 26.9. The Kier molecular flexibility index (Phi) is 7.38. The van der Waals surface area contributed by atoms with Gasteiger partial charge in [0.05, 0.1) is 53.5 Å². The summed E-state index contributed by atoms with van der Waals surface area (Å²) in [5.74, 6) is -1.68. The molecule has 7 rings (SSSR count). The molecule has 9 nitrogen and oxygen atoms in total. The first kappa shape index (κ1) is 28.8. The Morgan fingerprint density at radius 2 is 2.02 bits per heavy atom. The maximum atomic E-state index is 16.0. The number of nitrogens with zero attached hydrogens (tertiary/aromatic N) is 5. The number of halogens is 2. The van der Waals surface area contributed by atoms with Crippen LogP contribution in [0.4, 0.5) is 8.78 Å². The molecule has 0 saturated heterocycles. The number of thiophene rings is 1. The molecule has 1 N–H and O–H groups in total. The summed E-state index contributed by atoms with van der Waals surface area (Å²) in [5.41, 5.74) is 5.40. The summed E-state index contributed by atoms with van der Waals surface area (Å²) >= 11 is 1.43. The molecule has 0 spiro atoms. The molecule has 2 aromatic carbocycles. The number of carbonyl (C=O) groups excluding carboxylic acids is 1. The van der Waals surface area contributed by atoms with Gasteiger partial charge in [-0.1, -0.05) is 12.6 Å². The number of benzene rings is 2. The highest BCUT2D eigenvalue weighted by atomic mass is 32.1. The zero-order valence-electron chi connectivity index (χ0n) is 24.5. The van der Waals surface area contributed by atoms with Crippen LogP contribution in [0.3, 0.4) is 0 Å². The lowest BCUT2D eigenvalue weighted by Gasteiger charge is -2.31. The number of nitrogens with one attached hydrogen (secondary N) is 1. The van der Waals surface area contributed by atoms with Gasteiger partial charge in [0.2, 0.25) is 5.91 Å². The molecule has 0 fully saturated rings. The highest BCUT2D eigenvalue weighted by molar-refractivity contribution is 7.18. The van der Waals surface area contributed by atoms with E-state index in [2.05, 4.69) is 16.5 Å². The van der Waals surface area contributed by atoms with E-state index in [4.69, 9.17) is 19.6 Å². The normalized spacial score (nSPS) is 14.7. The third-order valence-electron chi connectivity index (χ3n) is 7.91. The number of rotatable bonds is 8. The van der Waals surface area contributed by atoms with Crippen LogP contribution in [-0.2, 0) is 16.1 Å². The maximum absolute atomic E-state index is 16.0. The standard InChI is InChI=1S/C33H28F2N6O3S/c1-4-28(42)40-15-18(2)41-21(16-40)14-26(39-41)32-30(29-23(35)12-20(34)13-27(29)44-9-8-43-3)33-22(7-10-45-33)31(38-32)19-5-6-24-25(11-19)37-17-36-24/h4-7,10-14,17-18H,1,8-9,15-16H2,2-3H3,(H,36,37). The predicted molar refractivity (Wildman–Crippen MR) is 169 cm³/mol. The van der Waals surface area contributed by atoms with Crippen molar-refractivity contribution in [3.05, 3.63) is 84.2 Å². The smallest absolute Gasteiger partial charge is 0.246 e. The second kappa shape index (κ2) is 11.5. The minimum atomic E-state index is -0.785. The Balaban J connectivity index is 1.50. The van der Waals surface area contributed by atoms with Gasteiger partial charge in [-0.25, -0.2) is 18.7 Å². The van der Waals surface area contributed by atoms with Gasteiger partial charge in [0, 0.05) is 47.0 Å². The van der Waals surface area contributed by atoms with Gasteiger partial charge < -0.3 is 19.4 Å². The second-order valence-corrected chi connectivity index (χ2v) is 11.7. The zero-order chi connectivity index (χ0) is 31.2. The molecule has 12 heteroatoms. The number of carbonyl (C=O) groups is 1. The lowest BCUT2D eigenvalue weighted by atomic mass is 9.96. The van der Waals surface area contributed by atoms with Gasteiger partial charge in [0.15, 0.2) is 0 Å². The summed E-state index contributed by atoms with van der Waals surface area (Å²) in [7, 11) is 1.53. The number of hydrogen-bond acceptors (Lipinski definition) is 7. The van der Waals surface area contributed by atoms with Crippen LogP contribution in [0.25, 0.3) is 54.9 Å². The Labute approximate surface area is 260 Å². The lowest BCUT2D eigenvalue weighted by Crippen LogP contribution is -2.39. The molecule has 0 bridgehead atoms. The molecule has 4 aromatic heterocycles. The predicted octanol–water partition coefficient (Wildman–Crippen LogP) is 6.76. The van der Waals surface area contributed by atoms with Crippen molar-refractivity contribution < 1.29 is 23.0 Å². The molecule has 1 aliphatic heterocycles. The highest BCUT2D eigenvalue weighted by Crippen LogP contribution is 2.47. The second-order valence-electron chi connectivity index (χ2n) is 10.8. The molecule has 1 amide bonds. The largest absolute Gasteiger partial charge is 0.490 e. The zero-order valence-corrected chi connectivity index (χ0v) is 25.3. The Morgan fingerprint density at radius 1 is 1.16 bits per heavy atom. The summed E-state index contributed by atoms with van der Waals surface area (Å²) in [6, 6.07) is 11.6. The Bertz CT molecular complexity index is 2100. The number of aromatic amines is 1. The highest BCUT2D eigenvalue weighted by Gasteiger charge is 2.30. The Hall–Kier alpha value is -4.94. The van der Waals surface area contributed by atoms with E-state index in [1.54, 1.807) is 11.2 Å². The molecule has 5 heterocycles. The molecular formula is C33H28F2N6O3S. The molecule has 0 aliphatic carbocycles. The summed E-state index contributed by atoms with van der Waals surface area (Å²) in [6.07, 6.45) is 2.94. The van der Waals surface area contributed by atoms with Gasteiger partial charge in [-0.3, -0.25) is 9.48 Å². The third kappa shape index (κ3) is 5.05. The topological polar surface area (TPSA) is 98.2 Å². The fourth-order valence-corrected chi connectivity index (χ4v) is 6.84. The van der Waals surface area contributed by atoms with Gasteiger partial charge in [0.25, 0.3) is 0 Å². The molecule has 1 atom stereocenters. The van der Waals surface area contributed by atoms with Crippen molar-refractivity contribution in [2.75, 3.05) is 26.9 Å². The van der Waals surface area contributed by atoms with E-state index >= 15 is 4.39 Å². The Morgan fingerprint density at radius 3 is 2.84 bits per heavy atom. The number of amides is 1. The molecule has 0 saturated carbocycles. The number of methoxy groups -OCH3 is 1. The number of fused-ring (bicyclic) bond motifs is 3. The van der Waals surface area contributed by atoms with Gasteiger partial charge >= 0.3 is 0 Å². The van der Waals surface area contributed by atoms with Crippen LogP contribution in [0.1, 0.15) is 18.7 Å². The van der Waals surface area contributed by atoms with Crippen molar-refractivity contribution >= 4 is 38.4 Å². The average Bonchev–Trinajstić information content (AvgIpc) is 3.80. The number of imidazole rings is 1. The van der Waals surface area contributed by atoms with E-state index < -0.39 is 11.6 Å². The van der Waals surface area contributed by atoms with Gasteiger partial charge in [-0.05, 0) is 42.6 Å². The summed E-state index contributed by atoms with van der Waals surface area (Å²) < 4.78 is 44.2. The number of ether oxygens (including phenoxy) is 2. The molecule has 6 aromatic rings. The van der Waals surface area contributed by atoms with Gasteiger partial charge in [0.1, 0.15) is 35.4 Å². The molecular weight excluding hydrogens is 598 g/mol. The van der Waals surface area contributed by atoms with Crippen molar-refractivity contribution in [1.82, 2.24) is 29.6 Å². The van der Waals surface area contributed by atoms with Crippen molar-refractivity contribution in [1.29, 1.82) is 0 Å². The van der Waals surface area contributed by atoms with Crippen LogP contribution in [0.2, 0.25) is 0 Å². The van der Waals surface area contributed by atoms with E-state index in [1.807, 2.05) is 47.3 Å². The fraction of sp³-hybridized carbons (Fsp3) is 0.212. The average molecular weight is 627 g/mol. The third-order valence-corrected chi connectivity index (χ3v) is 8.84. The van der Waals surface area contributed by atoms with E-state index in [-0.39, 0.29) is 36.5 Å². The van der Waals surface area contributed by atoms with E-state index in [9.17, 15) is 9.18 Å². The summed E-state index contributed by atoms with van der Waals surface area (Å²) in [5, 5.41) is 7.67. The molecule has 45 heavy (non-hydrogen) atoms. The van der Waals surface area contributed by atoms with Crippen LogP contribution in [0.15, 0.2) is 66.8 Å². The molecule has 1 aliphatic rings. The number of aromatic nitrogens is 5. The van der Waals surface area contributed by atoms with E-state index in [0.717, 1.165) is 38.4 Å². The number of pyridine rings is 1. The van der Waals surface area contributed by atoms with Crippen LogP contribution >= 0.6 is 11.3 Å². The van der Waals surface area contributed by atoms with E-state index in [0.29, 0.717) is 35.7 Å². The first-order valence-corrected chi connectivity index (χ1v) is 15.2. The quantitative estimate of drug-likeness (QED) is 0.148. The van der Waals surface area contributed by atoms with Crippen molar-refractivity contribution in [2.24, 2.45) is 0 Å². The first-order chi connectivity index (χ1) is 21.9. The summed E-state index contributed by atoms with van der Waals surface area (Å²) in [6.45, 7) is 6.73. The van der Waals surface area contributed by atoms with Crippen LogP contribution < -0.4 is 4.74 Å². The minimum absolute atomic E-state index is 0.0361. The minimum Gasteiger partial charge on any atom is -0.490 e. The fourth-order valence-electron chi connectivity index (χ4n) is 5.89. The first-order valence-electron chi connectivity index (χ1n) is 14.3. The van der Waals surface area contributed by atoms with Gasteiger partial charge in [-0.2, -0.15) is 5.10 Å². The molecule has 1 unspecified atom stereocenters. The number of H-pyrrole nitrogens is 1. The SMILES string of the molecule is C=CC(=O)N1Cc2cc(-c3nc(-c4ccc5nc[nH]c5c4)c4ccsc4c3-c3c(F)cc(F)cc3OCCOC)nn2C(C)C1.